The largest absolute Gasteiger partial charge is 0.367 e. The molecule has 3 rings (SSSR count). The molecule has 0 unspecified atom stereocenters. The van der Waals surface area contributed by atoms with Gasteiger partial charge in [-0.2, -0.15) is 0 Å². The summed E-state index contributed by atoms with van der Waals surface area (Å²) in [5.41, 5.74) is 1.51. The third-order valence-corrected chi connectivity index (χ3v) is 4.50. The first-order valence-corrected chi connectivity index (χ1v) is 9.16. The topological polar surface area (TPSA) is 75.8 Å². The summed E-state index contributed by atoms with van der Waals surface area (Å²) in [6.07, 6.45) is 3.88. The van der Waals surface area contributed by atoms with Crippen LogP contribution in [-0.2, 0) is 9.59 Å². The Balaban J connectivity index is 1.92. The summed E-state index contributed by atoms with van der Waals surface area (Å²) in [6.45, 7) is 1.75. The SMILES string of the molecule is C[N+](C)(C)CCCNc1nn2ccccc2c1N=C1C=C(Cl)C(=O)CC1=O. The number of pyridine rings is 1. The molecule has 0 amide bonds. The molecular formula is C19H23ClN5O2+. The van der Waals surface area contributed by atoms with Crippen molar-refractivity contribution in [2.24, 2.45) is 4.99 Å². The van der Waals surface area contributed by atoms with E-state index in [9.17, 15) is 9.59 Å². The maximum absolute atomic E-state index is 12.2. The van der Waals surface area contributed by atoms with E-state index in [1.807, 2.05) is 24.4 Å². The first-order chi connectivity index (χ1) is 12.7. The van der Waals surface area contributed by atoms with E-state index in [-0.39, 0.29) is 28.7 Å². The number of hydrogen-bond acceptors (Lipinski definition) is 5. The first kappa shape index (κ1) is 19.3. The lowest BCUT2D eigenvalue weighted by atomic mass is 10.0. The Hall–Kier alpha value is -2.51. The number of nitrogens with one attached hydrogen (secondary N) is 1. The van der Waals surface area contributed by atoms with Gasteiger partial charge in [-0.3, -0.25) is 9.59 Å². The average molecular weight is 389 g/mol. The number of nitrogens with zero attached hydrogens (tertiary/aromatic N) is 4. The number of aliphatic imine (C=N–C) groups is 1. The molecule has 0 bridgehead atoms. The predicted octanol–water partition coefficient (Wildman–Crippen LogP) is 2.58. The maximum atomic E-state index is 12.2. The molecule has 0 aromatic carbocycles. The van der Waals surface area contributed by atoms with Crippen LogP contribution < -0.4 is 5.32 Å². The minimum Gasteiger partial charge on any atom is -0.367 e. The number of fused-ring (bicyclic) bond motifs is 1. The minimum absolute atomic E-state index is 0.0299. The second kappa shape index (κ2) is 7.62. The van der Waals surface area contributed by atoms with Crippen molar-refractivity contribution in [1.29, 1.82) is 0 Å². The highest BCUT2D eigenvalue weighted by Crippen LogP contribution is 2.31. The third kappa shape index (κ3) is 4.61. The summed E-state index contributed by atoms with van der Waals surface area (Å²) in [6, 6.07) is 5.64. The minimum atomic E-state index is -0.376. The molecule has 0 spiro atoms. The van der Waals surface area contributed by atoms with Gasteiger partial charge in [-0.1, -0.05) is 17.7 Å². The number of hydrogen-bond donors (Lipinski definition) is 1. The van der Waals surface area contributed by atoms with Gasteiger partial charge in [-0.05, 0) is 18.2 Å². The summed E-state index contributed by atoms with van der Waals surface area (Å²) in [7, 11) is 6.44. The fourth-order valence-electron chi connectivity index (χ4n) is 2.79. The van der Waals surface area contributed by atoms with Crippen LogP contribution in [0.2, 0.25) is 0 Å². The summed E-state index contributed by atoms with van der Waals surface area (Å²) >= 11 is 5.91. The van der Waals surface area contributed by atoms with Gasteiger partial charge >= 0.3 is 0 Å². The highest BCUT2D eigenvalue weighted by atomic mass is 35.5. The number of ketones is 2. The molecule has 0 atom stereocenters. The predicted molar refractivity (Wildman–Crippen MR) is 107 cm³/mol. The molecule has 2 aromatic heterocycles. The Morgan fingerprint density at radius 2 is 2.04 bits per heavy atom. The van der Waals surface area contributed by atoms with Crippen molar-refractivity contribution in [3.63, 3.8) is 0 Å². The van der Waals surface area contributed by atoms with Gasteiger partial charge in [-0.15, -0.1) is 5.10 Å². The summed E-state index contributed by atoms with van der Waals surface area (Å²) in [5, 5.41) is 7.88. The van der Waals surface area contributed by atoms with Gasteiger partial charge < -0.3 is 9.80 Å². The van der Waals surface area contributed by atoms with E-state index in [2.05, 4.69) is 36.6 Å². The molecule has 0 fully saturated rings. The normalized spacial score (nSPS) is 16.9. The average Bonchev–Trinajstić information content (AvgIpc) is 2.93. The van der Waals surface area contributed by atoms with Gasteiger partial charge in [0.2, 0.25) is 0 Å². The van der Waals surface area contributed by atoms with Crippen molar-refractivity contribution < 1.29 is 14.1 Å². The third-order valence-electron chi connectivity index (χ3n) is 4.18. The van der Waals surface area contributed by atoms with Crippen LogP contribution in [0.25, 0.3) is 5.52 Å². The van der Waals surface area contributed by atoms with Crippen molar-refractivity contribution in [2.75, 3.05) is 39.5 Å². The van der Waals surface area contributed by atoms with Crippen molar-refractivity contribution >= 4 is 45.9 Å². The molecule has 142 valence electrons. The molecule has 8 heteroatoms. The van der Waals surface area contributed by atoms with Crippen molar-refractivity contribution in [3.8, 4) is 0 Å². The lowest BCUT2D eigenvalue weighted by molar-refractivity contribution is -0.870. The Labute approximate surface area is 162 Å². The van der Waals surface area contributed by atoms with Gasteiger partial charge in [-0.25, -0.2) is 9.51 Å². The number of carbonyl (C=O) groups is 2. The quantitative estimate of drug-likeness (QED) is 0.469. The molecule has 2 heterocycles. The standard InChI is InChI=1S/C19H23ClN5O2/c1-25(2,3)10-6-8-21-19-18(15-7-4-5-9-24(15)23-19)22-14-11-13(20)16(26)12-17(14)27/h4-5,7,9,11H,6,8,10,12H2,1-3H3,(H,21,23)/q+1. The Kier molecular flexibility index (Phi) is 5.43. The number of carbonyl (C=O) groups excluding carboxylic acids is 2. The molecule has 27 heavy (non-hydrogen) atoms. The van der Waals surface area contributed by atoms with Crippen LogP contribution in [0.5, 0.6) is 0 Å². The molecular weight excluding hydrogens is 366 g/mol. The van der Waals surface area contributed by atoms with Crippen LogP contribution >= 0.6 is 11.6 Å². The van der Waals surface area contributed by atoms with E-state index in [1.54, 1.807) is 4.52 Å². The van der Waals surface area contributed by atoms with E-state index in [1.165, 1.54) is 6.08 Å². The van der Waals surface area contributed by atoms with Gasteiger partial charge in [0.05, 0.1) is 44.7 Å². The van der Waals surface area contributed by atoms with Crippen LogP contribution in [0, 0.1) is 0 Å². The summed E-state index contributed by atoms with van der Waals surface area (Å²) in [5.74, 6) is -0.112. The molecule has 0 radical (unpaired) electrons. The van der Waals surface area contributed by atoms with Crippen molar-refractivity contribution in [1.82, 2.24) is 9.61 Å². The smallest absolute Gasteiger partial charge is 0.189 e. The number of aromatic nitrogens is 2. The number of rotatable bonds is 6. The second-order valence-corrected chi connectivity index (χ2v) is 7.94. The molecule has 0 saturated carbocycles. The lowest BCUT2D eigenvalue weighted by Crippen LogP contribution is -2.36. The van der Waals surface area contributed by atoms with E-state index in [0.29, 0.717) is 11.5 Å². The molecule has 0 saturated heterocycles. The number of quaternary nitrogens is 1. The molecule has 7 nitrogen and oxygen atoms in total. The molecule has 0 aliphatic heterocycles. The maximum Gasteiger partial charge on any atom is 0.189 e. The summed E-state index contributed by atoms with van der Waals surface area (Å²) in [4.78, 5) is 28.3. The summed E-state index contributed by atoms with van der Waals surface area (Å²) < 4.78 is 2.60. The molecule has 1 aliphatic carbocycles. The van der Waals surface area contributed by atoms with E-state index in [4.69, 9.17) is 11.6 Å². The van der Waals surface area contributed by atoms with E-state index < -0.39 is 0 Å². The van der Waals surface area contributed by atoms with Gasteiger partial charge in [0, 0.05) is 19.2 Å². The zero-order valence-electron chi connectivity index (χ0n) is 15.7. The number of anilines is 1. The first-order valence-electron chi connectivity index (χ1n) is 8.78. The fourth-order valence-corrected chi connectivity index (χ4v) is 2.96. The van der Waals surface area contributed by atoms with Crippen LogP contribution in [0.4, 0.5) is 11.5 Å². The highest BCUT2D eigenvalue weighted by molar-refractivity contribution is 6.57. The Morgan fingerprint density at radius 3 is 2.78 bits per heavy atom. The number of allylic oxidation sites excluding steroid dienone is 2. The van der Waals surface area contributed by atoms with Crippen LogP contribution in [0.3, 0.4) is 0 Å². The number of halogens is 1. The Bertz CT molecular complexity index is 953. The Morgan fingerprint density at radius 1 is 1.26 bits per heavy atom. The van der Waals surface area contributed by atoms with E-state index in [0.717, 1.165) is 29.5 Å². The molecule has 1 aliphatic rings. The van der Waals surface area contributed by atoms with Gasteiger partial charge in [0.25, 0.3) is 0 Å². The molecule has 2 aromatic rings. The van der Waals surface area contributed by atoms with Gasteiger partial charge in [0.15, 0.2) is 17.4 Å². The highest BCUT2D eigenvalue weighted by Gasteiger charge is 2.24. The lowest BCUT2D eigenvalue weighted by Gasteiger charge is -2.23. The van der Waals surface area contributed by atoms with Gasteiger partial charge in [0.1, 0.15) is 11.4 Å². The fraction of sp³-hybridized carbons (Fsp3) is 0.368. The van der Waals surface area contributed by atoms with Crippen LogP contribution in [0.15, 0.2) is 40.5 Å². The van der Waals surface area contributed by atoms with Crippen molar-refractivity contribution in [3.05, 3.63) is 35.5 Å². The monoisotopic (exact) mass is 388 g/mol. The second-order valence-electron chi connectivity index (χ2n) is 7.53. The zero-order valence-corrected chi connectivity index (χ0v) is 16.5. The van der Waals surface area contributed by atoms with Crippen LogP contribution in [-0.4, -0.2) is 65.6 Å². The van der Waals surface area contributed by atoms with E-state index >= 15 is 0 Å². The van der Waals surface area contributed by atoms with Crippen molar-refractivity contribution in [2.45, 2.75) is 12.8 Å². The zero-order chi connectivity index (χ0) is 19.6. The number of Topliss-reactive ketones (excluding diaryl/α,β-unsaturated/α-hetero) is 2. The van der Waals surface area contributed by atoms with Crippen LogP contribution in [0.1, 0.15) is 12.8 Å². The molecule has 1 N–H and O–H groups in total.